The zero-order valence-electron chi connectivity index (χ0n) is 12.1. The number of carbonyl (C=O) groups is 2. The van der Waals surface area contributed by atoms with Gasteiger partial charge >= 0.3 is 11.9 Å². The molecule has 0 rings (SSSR count). The Balaban J connectivity index is 5.46. The zero-order valence-corrected chi connectivity index (χ0v) is 10.1. The lowest BCUT2D eigenvalue weighted by Gasteiger charge is -2.25. The van der Waals surface area contributed by atoms with Crippen molar-refractivity contribution in [3.8, 4) is 12.3 Å². The second-order valence-corrected chi connectivity index (χ2v) is 3.31. The van der Waals surface area contributed by atoms with Crippen LogP contribution in [0.25, 0.3) is 0 Å². The normalized spacial score (nSPS) is 11.6. The first-order valence-corrected chi connectivity index (χ1v) is 5.35. The molecule has 0 saturated carbocycles. The summed E-state index contributed by atoms with van der Waals surface area (Å²) in [4.78, 5) is 24.0. The third-order valence-electron chi connectivity index (χ3n) is 2.19. The Morgan fingerprint density at radius 2 is 1.94 bits per heavy atom. The number of carbonyl (C=O) groups excluding carboxylic acids is 2. The molecule has 0 aromatic heterocycles. The molecule has 0 radical (unpaired) electrons. The van der Waals surface area contributed by atoms with E-state index >= 15 is 0 Å². The highest BCUT2D eigenvalue weighted by molar-refractivity contribution is 6.00. The Morgan fingerprint density at radius 1 is 1.41 bits per heavy atom. The van der Waals surface area contributed by atoms with Crippen molar-refractivity contribution in [1.82, 2.24) is 0 Å². The van der Waals surface area contributed by atoms with E-state index in [1.165, 1.54) is 0 Å². The molecule has 0 aliphatic carbocycles. The van der Waals surface area contributed by atoms with Gasteiger partial charge in [0, 0.05) is 6.42 Å². The molecule has 0 fully saturated rings. The standard InChI is InChI=1S/C13H18O4/c1-5-9-13(10-6-2,11(14)16-7-3)12(15)17-8-4/h1,6H,2,7-10H2,3-4H3/i2D2. The number of hydrogen-bond acceptors (Lipinski definition) is 4. The predicted octanol–water partition coefficient (Wildman–Crippen LogP) is 1.70. The minimum absolute atomic E-state index is 0.100. The van der Waals surface area contributed by atoms with E-state index in [2.05, 4.69) is 5.92 Å². The van der Waals surface area contributed by atoms with Crippen molar-refractivity contribution in [3.63, 3.8) is 0 Å². The van der Waals surface area contributed by atoms with E-state index in [0.717, 1.165) is 6.08 Å². The van der Waals surface area contributed by atoms with Gasteiger partial charge in [-0.3, -0.25) is 9.59 Å². The first-order chi connectivity index (χ1) is 8.94. The quantitative estimate of drug-likeness (QED) is 0.294. The number of allylic oxidation sites excluding steroid dienone is 1. The van der Waals surface area contributed by atoms with E-state index in [4.69, 9.17) is 18.6 Å². The van der Waals surface area contributed by atoms with Crippen molar-refractivity contribution in [1.29, 1.82) is 0 Å². The lowest BCUT2D eigenvalue weighted by molar-refractivity contribution is -0.171. The fourth-order valence-corrected chi connectivity index (χ4v) is 1.35. The summed E-state index contributed by atoms with van der Waals surface area (Å²) in [6, 6.07) is 0. The lowest BCUT2D eigenvalue weighted by Crippen LogP contribution is -2.41. The van der Waals surface area contributed by atoms with Gasteiger partial charge in [0.25, 0.3) is 0 Å². The van der Waals surface area contributed by atoms with Gasteiger partial charge in [-0.05, 0) is 20.3 Å². The van der Waals surface area contributed by atoms with Crippen LogP contribution in [0.4, 0.5) is 0 Å². The fourth-order valence-electron chi connectivity index (χ4n) is 1.35. The minimum Gasteiger partial charge on any atom is -0.465 e. The summed E-state index contributed by atoms with van der Waals surface area (Å²) in [5, 5.41) is 0. The average Bonchev–Trinajstić information content (AvgIpc) is 2.34. The number of terminal acetylenes is 1. The van der Waals surface area contributed by atoms with Crippen LogP contribution in [0.15, 0.2) is 12.6 Å². The lowest BCUT2D eigenvalue weighted by atomic mass is 9.81. The fraction of sp³-hybridized carbons (Fsp3) is 0.538. The topological polar surface area (TPSA) is 52.6 Å². The molecule has 4 heteroatoms. The maximum atomic E-state index is 12.0. The maximum absolute atomic E-state index is 12.0. The summed E-state index contributed by atoms with van der Waals surface area (Å²) < 4.78 is 23.8. The molecule has 0 saturated heterocycles. The van der Waals surface area contributed by atoms with Crippen molar-refractivity contribution in [2.24, 2.45) is 5.41 Å². The molecule has 0 amide bonds. The van der Waals surface area contributed by atoms with Crippen LogP contribution in [-0.2, 0) is 19.1 Å². The van der Waals surface area contributed by atoms with Gasteiger partial charge in [0.05, 0.1) is 16.0 Å². The van der Waals surface area contributed by atoms with Gasteiger partial charge in [-0.2, -0.15) is 0 Å². The van der Waals surface area contributed by atoms with Crippen LogP contribution < -0.4 is 0 Å². The molecular weight excluding hydrogens is 220 g/mol. The molecule has 0 N–H and O–H groups in total. The number of ether oxygens (including phenoxy) is 2. The van der Waals surface area contributed by atoms with Gasteiger partial charge in [0.1, 0.15) is 0 Å². The summed E-state index contributed by atoms with van der Waals surface area (Å²) in [6.45, 7) is 2.92. The third-order valence-corrected chi connectivity index (χ3v) is 2.19. The molecule has 0 aromatic carbocycles. The highest BCUT2D eigenvalue weighted by Gasteiger charge is 2.47. The van der Waals surface area contributed by atoms with E-state index < -0.39 is 23.9 Å². The van der Waals surface area contributed by atoms with Crippen molar-refractivity contribution >= 4 is 11.9 Å². The molecule has 94 valence electrons. The smallest absolute Gasteiger partial charge is 0.324 e. The summed E-state index contributed by atoms with van der Waals surface area (Å²) in [6.07, 6.45) is 5.96. The van der Waals surface area contributed by atoms with Crippen LogP contribution >= 0.6 is 0 Å². The van der Waals surface area contributed by atoms with E-state index in [1.54, 1.807) is 13.8 Å². The first-order valence-electron chi connectivity index (χ1n) is 6.35. The summed E-state index contributed by atoms with van der Waals surface area (Å²) in [5.41, 5.74) is -1.67. The zero-order chi connectivity index (χ0) is 14.9. The number of hydrogen-bond donors (Lipinski definition) is 0. The van der Waals surface area contributed by atoms with Crippen molar-refractivity contribution in [2.45, 2.75) is 26.7 Å². The summed E-state index contributed by atoms with van der Waals surface area (Å²) in [7, 11) is 0. The number of esters is 2. The van der Waals surface area contributed by atoms with Crippen LogP contribution in [0, 0.1) is 17.8 Å². The Kier molecular flexibility index (Phi) is 5.17. The predicted molar refractivity (Wildman–Crippen MR) is 64.0 cm³/mol. The largest absolute Gasteiger partial charge is 0.465 e. The van der Waals surface area contributed by atoms with E-state index in [0.29, 0.717) is 0 Å². The van der Waals surface area contributed by atoms with E-state index in [9.17, 15) is 9.59 Å². The Morgan fingerprint density at radius 3 is 2.29 bits per heavy atom. The minimum atomic E-state index is -1.67. The van der Waals surface area contributed by atoms with Gasteiger partial charge in [-0.25, -0.2) is 0 Å². The van der Waals surface area contributed by atoms with Crippen LogP contribution in [0.5, 0.6) is 0 Å². The molecule has 0 atom stereocenters. The highest BCUT2D eigenvalue weighted by Crippen LogP contribution is 2.30. The molecule has 0 bridgehead atoms. The number of rotatable bonds is 7. The highest BCUT2D eigenvalue weighted by atomic mass is 16.6. The maximum Gasteiger partial charge on any atom is 0.324 e. The van der Waals surface area contributed by atoms with E-state index in [-0.39, 0.29) is 26.1 Å². The Labute approximate surface area is 105 Å². The second kappa shape index (κ2) is 7.50. The van der Waals surface area contributed by atoms with Gasteiger partial charge < -0.3 is 9.47 Å². The third kappa shape index (κ3) is 3.63. The van der Waals surface area contributed by atoms with Crippen LogP contribution in [0.2, 0.25) is 0 Å². The first kappa shape index (κ1) is 11.7. The molecule has 0 aromatic rings. The second-order valence-electron chi connectivity index (χ2n) is 3.31. The van der Waals surface area contributed by atoms with E-state index in [1.807, 2.05) is 0 Å². The average molecular weight is 240 g/mol. The van der Waals surface area contributed by atoms with Gasteiger partial charge in [0.15, 0.2) is 5.41 Å². The molecule has 0 spiro atoms. The molecule has 0 unspecified atom stereocenters. The molecule has 0 heterocycles. The Bertz CT molecular complexity index is 374. The van der Waals surface area contributed by atoms with Crippen LogP contribution in [0.3, 0.4) is 0 Å². The van der Waals surface area contributed by atoms with Crippen LogP contribution in [0.1, 0.15) is 29.4 Å². The van der Waals surface area contributed by atoms with Crippen LogP contribution in [-0.4, -0.2) is 25.2 Å². The van der Waals surface area contributed by atoms with Gasteiger partial charge in [-0.15, -0.1) is 18.9 Å². The SMILES string of the molecule is [2H]C([2H])=CCC(CC#C)(C(=O)OCC)C(=O)OCC. The molecular formula is C13H18O4. The van der Waals surface area contributed by atoms with Gasteiger partial charge in [-0.1, -0.05) is 6.08 Å². The van der Waals surface area contributed by atoms with Gasteiger partial charge in [0.2, 0.25) is 0 Å². The molecule has 4 nitrogen and oxygen atoms in total. The summed E-state index contributed by atoms with van der Waals surface area (Å²) in [5.74, 6) is 0.682. The van der Waals surface area contributed by atoms with Crippen molar-refractivity contribution < 1.29 is 21.8 Å². The molecule has 0 aliphatic heterocycles. The van der Waals surface area contributed by atoms with Crippen molar-refractivity contribution in [2.75, 3.05) is 13.2 Å². The molecule has 17 heavy (non-hydrogen) atoms. The summed E-state index contributed by atoms with van der Waals surface area (Å²) >= 11 is 0. The monoisotopic (exact) mass is 240 g/mol. The Hall–Kier alpha value is -1.76. The molecule has 0 aliphatic rings. The van der Waals surface area contributed by atoms with Crippen molar-refractivity contribution in [3.05, 3.63) is 12.6 Å².